The molecular formula is C24H31Cl2N5O3S. The molecule has 2 aromatic rings. The summed E-state index contributed by atoms with van der Waals surface area (Å²) in [6, 6.07) is 7.13. The summed E-state index contributed by atoms with van der Waals surface area (Å²) in [5.41, 5.74) is 2.38. The zero-order valence-corrected chi connectivity index (χ0v) is 22.1. The molecule has 2 N–H and O–H groups in total. The Morgan fingerprint density at radius 3 is 2.57 bits per heavy atom. The van der Waals surface area contributed by atoms with Gasteiger partial charge in [0.15, 0.2) is 0 Å². The number of hydrogen-bond donors (Lipinski definition) is 2. The van der Waals surface area contributed by atoms with Gasteiger partial charge in [-0.3, -0.25) is 4.79 Å². The van der Waals surface area contributed by atoms with E-state index in [1.807, 2.05) is 11.0 Å². The number of likely N-dealkylation sites (tertiary alicyclic amines) is 1. The zero-order valence-electron chi connectivity index (χ0n) is 19.8. The number of carbonyl (C=O) groups excluding carboxylic acids is 1. The maximum Gasteiger partial charge on any atom is 0.254 e. The Morgan fingerprint density at radius 2 is 1.86 bits per heavy atom. The number of piperidine rings is 1. The number of hydrogen-bond acceptors (Lipinski definition) is 6. The third-order valence-electron chi connectivity index (χ3n) is 6.48. The van der Waals surface area contributed by atoms with Crippen LogP contribution in [0.4, 0.5) is 11.5 Å². The molecule has 1 fully saturated rings. The second kappa shape index (κ2) is 11.4. The van der Waals surface area contributed by atoms with Crippen molar-refractivity contribution in [3.63, 3.8) is 0 Å². The number of nitrogens with zero attached hydrogens (tertiary/aromatic N) is 3. The molecule has 0 saturated carbocycles. The van der Waals surface area contributed by atoms with Gasteiger partial charge in [0.1, 0.15) is 5.82 Å². The molecule has 3 heterocycles. The summed E-state index contributed by atoms with van der Waals surface area (Å²) < 4.78 is 25.6. The highest BCUT2D eigenvalue weighted by Crippen LogP contribution is 2.30. The van der Waals surface area contributed by atoms with Crippen molar-refractivity contribution < 1.29 is 13.2 Å². The number of aromatic nitrogens is 1. The lowest BCUT2D eigenvalue weighted by atomic mass is 10.0. The maximum absolute atomic E-state index is 13.4. The third-order valence-corrected chi connectivity index (χ3v) is 7.98. The monoisotopic (exact) mass is 539 g/mol. The minimum absolute atomic E-state index is 0.0187. The smallest absolute Gasteiger partial charge is 0.254 e. The van der Waals surface area contributed by atoms with Crippen LogP contribution in [0, 0.1) is 0 Å². The number of fused-ring (bicyclic) bond motifs is 1. The van der Waals surface area contributed by atoms with Crippen molar-refractivity contribution in [3.8, 4) is 0 Å². The highest BCUT2D eigenvalue weighted by molar-refractivity contribution is 7.88. The van der Waals surface area contributed by atoms with Gasteiger partial charge in [0, 0.05) is 42.1 Å². The highest BCUT2D eigenvalue weighted by atomic mass is 35.5. The van der Waals surface area contributed by atoms with Crippen molar-refractivity contribution >= 4 is 50.6 Å². The molecule has 0 spiro atoms. The molecule has 0 atom stereocenters. The number of amides is 1. The van der Waals surface area contributed by atoms with Crippen LogP contribution >= 0.6 is 23.2 Å². The van der Waals surface area contributed by atoms with Gasteiger partial charge in [0.25, 0.3) is 5.91 Å². The fourth-order valence-corrected chi connectivity index (χ4v) is 5.90. The van der Waals surface area contributed by atoms with Crippen LogP contribution in [-0.4, -0.2) is 74.1 Å². The number of sulfonamides is 1. The van der Waals surface area contributed by atoms with Crippen molar-refractivity contribution in [1.82, 2.24) is 19.5 Å². The second-order valence-electron chi connectivity index (χ2n) is 9.19. The van der Waals surface area contributed by atoms with Crippen LogP contribution in [0.5, 0.6) is 0 Å². The van der Waals surface area contributed by atoms with E-state index in [-0.39, 0.29) is 11.9 Å². The van der Waals surface area contributed by atoms with E-state index in [9.17, 15) is 13.2 Å². The fourth-order valence-electron chi connectivity index (χ4n) is 4.76. The quantitative estimate of drug-likeness (QED) is 0.527. The predicted molar refractivity (Wildman–Crippen MR) is 140 cm³/mol. The topological polar surface area (TPSA) is 94.6 Å². The van der Waals surface area contributed by atoms with Crippen LogP contribution in [0.1, 0.15) is 41.6 Å². The molecular weight excluding hydrogens is 509 g/mol. The van der Waals surface area contributed by atoms with E-state index < -0.39 is 10.0 Å². The minimum atomic E-state index is -3.16. The molecule has 8 nitrogen and oxygen atoms in total. The molecule has 190 valence electrons. The Balaban J connectivity index is 1.33. The van der Waals surface area contributed by atoms with Crippen molar-refractivity contribution in [2.24, 2.45) is 0 Å². The van der Waals surface area contributed by atoms with Crippen molar-refractivity contribution in [2.45, 2.75) is 38.1 Å². The van der Waals surface area contributed by atoms with Gasteiger partial charge in [-0.15, -0.1) is 0 Å². The average Bonchev–Trinajstić information content (AvgIpc) is 2.96. The van der Waals surface area contributed by atoms with E-state index in [4.69, 9.17) is 23.2 Å². The van der Waals surface area contributed by atoms with Crippen LogP contribution in [0.25, 0.3) is 0 Å². The van der Waals surface area contributed by atoms with Gasteiger partial charge in [-0.1, -0.05) is 23.2 Å². The summed E-state index contributed by atoms with van der Waals surface area (Å²) in [5, 5.41) is 4.23. The maximum atomic E-state index is 13.4. The molecule has 0 radical (unpaired) electrons. The van der Waals surface area contributed by atoms with Gasteiger partial charge >= 0.3 is 0 Å². The number of carbonyl (C=O) groups is 1. The molecule has 35 heavy (non-hydrogen) atoms. The van der Waals surface area contributed by atoms with E-state index >= 15 is 0 Å². The average molecular weight is 541 g/mol. The molecule has 0 aliphatic carbocycles. The Hall–Kier alpha value is -1.91. The first kappa shape index (κ1) is 26.2. The predicted octanol–water partition coefficient (Wildman–Crippen LogP) is 3.92. The molecule has 0 unspecified atom stereocenters. The van der Waals surface area contributed by atoms with Crippen molar-refractivity contribution in [2.75, 3.05) is 44.3 Å². The lowest BCUT2D eigenvalue weighted by Gasteiger charge is -2.32. The summed E-state index contributed by atoms with van der Waals surface area (Å²) in [5.74, 6) is 0.704. The number of rotatable bonds is 8. The van der Waals surface area contributed by atoms with Crippen LogP contribution < -0.4 is 10.0 Å². The van der Waals surface area contributed by atoms with Crippen LogP contribution in [0.2, 0.25) is 10.0 Å². The summed E-state index contributed by atoms with van der Waals surface area (Å²) in [7, 11) is -3.16. The van der Waals surface area contributed by atoms with E-state index in [0.29, 0.717) is 34.5 Å². The van der Waals surface area contributed by atoms with E-state index in [1.54, 1.807) is 24.4 Å². The van der Waals surface area contributed by atoms with Crippen LogP contribution in [0.3, 0.4) is 0 Å². The molecule has 1 saturated heterocycles. The molecule has 1 aromatic carbocycles. The summed E-state index contributed by atoms with van der Waals surface area (Å²) in [6.45, 7) is 4.01. The first-order valence-corrected chi connectivity index (χ1v) is 14.5. The van der Waals surface area contributed by atoms with Crippen LogP contribution in [-0.2, 0) is 16.4 Å². The summed E-state index contributed by atoms with van der Waals surface area (Å²) in [4.78, 5) is 22.1. The summed E-state index contributed by atoms with van der Waals surface area (Å²) >= 11 is 12.2. The lowest BCUT2D eigenvalue weighted by molar-refractivity contribution is 0.0751. The number of benzene rings is 1. The van der Waals surface area contributed by atoms with Gasteiger partial charge < -0.3 is 15.1 Å². The second-order valence-corrected chi connectivity index (χ2v) is 11.8. The Labute approximate surface area is 217 Å². The summed E-state index contributed by atoms with van der Waals surface area (Å²) in [6.07, 6.45) is 6.99. The van der Waals surface area contributed by atoms with Crippen molar-refractivity contribution in [3.05, 3.63) is 51.6 Å². The van der Waals surface area contributed by atoms with Gasteiger partial charge in [-0.2, -0.15) is 0 Å². The van der Waals surface area contributed by atoms with Crippen LogP contribution in [0.15, 0.2) is 30.5 Å². The molecule has 4 rings (SSSR count). The third kappa shape index (κ3) is 7.07. The normalized spacial score (nSPS) is 17.8. The first-order valence-electron chi connectivity index (χ1n) is 11.9. The highest BCUT2D eigenvalue weighted by Gasteiger charge is 2.26. The number of pyridine rings is 1. The van der Waals surface area contributed by atoms with Gasteiger partial charge in [-0.05, 0) is 76.0 Å². The van der Waals surface area contributed by atoms with E-state index in [0.717, 1.165) is 63.0 Å². The van der Waals surface area contributed by atoms with Gasteiger partial charge in [-0.25, -0.2) is 18.1 Å². The van der Waals surface area contributed by atoms with E-state index in [1.165, 1.54) is 6.26 Å². The molecule has 1 amide bonds. The molecule has 0 bridgehead atoms. The zero-order chi connectivity index (χ0) is 25.0. The number of halogens is 2. The molecule has 11 heteroatoms. The number of anilines is 2. The number of nitrogens with one attached hydrogen (secondary N) is 2. The Kier molecular flexibility index (Phi) is 8.54. The molecule has 1 aromatic heterocycles. The largest absolute Gasteiger partial charge is 0.340 e. The Morgan fingerprint density at radius 1 is 1.09 bits per heavy atom. The Bertz CT molecular complexity index is 1170. The standard InChI is InChI=1S/C24H31Cl2N5O3S/c1-35(33,34)29-17-8-14-30(15-9-17)11-3-13-31-12-2-4-19-20(24(31)32)7-10-27-23(19)28-18-5-6-21(25)22(26)16-18/h5-7,10,16-17,29H,2-4,8-9,11-15H2,1H3,(H,27,28). The lowest BCUT2D eigenvalue weighted by Crippen LogP contribution is -2.45. The van der Waals surface area contributed by atoms with E-state index in [2.05, 4.69) is 19.9 Å². The molecule has 2 aliphatic heterocycles. The fraction of sp³-hybridized carbons (Fsp3) is 0.500. The van der Waals surface area contributed by atoms with Gasteiger partial charge in [0.05, 0.1) is 16.3 Å². The van der Waals surface area contributed by atoms with Gasteiger partial charge in [0.2, 0.25) is 10.0 Å². The SMILES string of the molecule is CS(=O)(=O)NC1CCN(CCCN2CCCc3c(ccnc3Nc3ccc(Cl)c(Cl)c3)C2=O)CC1. The minimum Gasteiger partial charge on any atom is -0.340 e. The molecule has 2 aliphatic rings. The first-order chi connectivity index (χ1) is 16.7. The van der Waals surface area contributed by atoms with Crippen molar-refractivity contribution in [1.29, 1.82) is 0 Å².